The highest BCUT2D eigenvalue weighted by Crippen LogP contribution is 2.44. The van der Waals surface area contributed by atoms with Crippen LogP contribution < -0.4 is 0 Å². The summed E-state index contributed by atoms with van der Waals surface area (Å²) in [5.74, 6) is 1.82. The quantitative estimate of drug-likeness (QED) is 0.180. The molecule has 0 radical (unpaired) electrons. The number of rotatable bonds is 5. The van der Waals surface area contributed by atoms with Gasteiger partial charge in [0.05, 0.1) is 16.7 Å². The molecule has 0 saturated carbocycles. The van der Waals surface area contributed by atoms with Crippen molar-refractivity contribution in [2.45, 2.75) is 0 Å². The average Bonchev–Trinajstić information content (AvgIpc) is 3.81. The van der Waals surface area contributed by atoms with Crippen molar-refractivity contribution in [1.82, 2.24) is 19.5 Å². The summed E-state index contributed by atoms with van der Waals surface area (Å²) in [6.45, 7) is 0. The number of aromatic nitrogens is 4. The van der Waals surface area contributed by atoms with E-state index in [2.05, 4.69) is 120 Å². The van der Waals surface area contributed by atoms with Gasteiger partial charge in [-0.25, -0.2) is 15.0 Å². The van der Waals surface area contributed by atoms with Crippen LogP contribution in [0.4, 0.5) is 0 Å². The monoisotopic (exact) mass is 690 g/mol. The fourth-order valence-corrected chi connectivity index (χ4v) is 7.95. The number of fused-ring (bicyclic) bond motifs is 8. The third-order valence-electron chi connectivity index (χ3n) is 10.4. The molecule has 0 atom stereocenters. The van der Waals surface area contributed by atoms with Gasteiger partial charge in [0, 0.05) is 43.6 Å². The van der Waals surface area contributed by atoms with Gasteiger partial charge in [-0.15, -0.1) is 0 Å². The Balaban J connectivity index is 1.26. The van der Waals surface area contributed by atoms with E-state index in [4.69, 9.17) is 19.4 Å². The van der Waals surface area contributed by atoms with Gasteiger partial charge in [-0.3, -0.25) is 0 Å². The topological polar surface area (TPSA) is 56.7 Å². The molecule has 54 heavy (non-hydrogen) atoms. The minimum Gasteiger partial charge on any atom is -0.453 e. The number of nitrogens with zero attached hydrogens (tertiary/aromatic N) is 4. The molecule has 3 heterocycles. The van der Waals surface area contributed by atoms with Crippen molar-refractivity contribution in [3.05, 3.63) is 182 Å². The lowest BCUT2D eigenvalue weighted by Crippen LogP contribution is -2.00. The van der Waals surface area contributed by atoms with Gasteiger partial charge in [-0.2, -0.15) is 0 Å². The Hall–Kier alpha value is -7.37. The Morgan fingerprint density at radius 2 is 0.907 bits per heavy atom. The number of para-hydroxylation sites is 3. The van der Waals surface area contributed by atoms with Crippen LogP contribution in [0.2, 0.25) is 0 Å². The molecule has 11 aromatic rings. The van der Waals surface area contributed by atoms with Crippen LogP contribution in [0.1, 0.15) is 0 Å². The van der Waals surface area contributed by atoms with E-state index >= 15 is 0 Å². The second-order valence-corrected chi connectivity index (χ2v) is 13.6. The second-order valence-electron chi connectivity index (χ2n) is 13.6. The third-order valence-corrected chi connectivity index (χ3v) is 10.4. The highest BCUT2D eigenvalue weighted by molar-refractivity contribution is 6.22. The van der Waals surface area contributed by atoms with Crippen molar-refractivity contribution < 1.29 is 4.42 Å². The molecule has 5 heteroatoms. The molecule has 0 aliphatic carbocycles. The van der Waals surface area contributed by atoms with Crippen LogP contribution >= 0.6 is 0 Å². The summed E-state index contributed by atoms with van der Waals surface area (Å²) in [5, 5.41) is 6.44. The Kier molecular flexibility index (Phi) is 6.79. The second kappa shape index (κ2) is 12.1. The fraction of sp³-hybridized carbons (Fsp3) is 0. The molecule has 0 spiro atoms. The first kappa shape index (κ1) is 30.3. The Morgan fingerprint density at radius 1 is 0.370 bits per heavy atom. The van der Waals surface area contributed by atoms with Crippen LogP contribution in [0.25, 0.3) is 105 Å². The van der Waals surface area contributed by atoms with Crippen molar-refractivity contribution >= 4 is 54.5 Å². The molecule has 0 bridgehead atoms. The molecule has 0 aliphatic heterocycles. The van der Waals surface area contributed by atoms with Gasteiger partial charge >= 0.3 is 0 Å². The van der Waals surface area contributed by atoms with Crippen molar-refractivity contribution in [3.8, 4) is 51.0 Å². The highest BCUT2D eigenvalue weighted by atomic mass is 16.3. The van der Waals surface area contributed by atoms with Gasteiger partial charge in [-0.1, -0.05) is 146 Å². The zero-order valence-corrected chi connectivity index (χ0v) is 29.0. The number of hydrogen-bond donors (Lipinski definition) is 0. The summed E-state index contributed by atoms with van der Waals surface area (Å²) in [4.78, 5) is 15.4. The zero-order chi connectivity index (χ0) is 35.6. The Morgan fingerprint density at radius 3 is 1.54 bits per heavy atom. The molecular weight excluding hydrogens is 661 g/mol. The van der Waals surface area contributed by atoms with Gasteiger partial charge in [0.15, 0.2) is 23.1 Å². The number of hydrogen-bond acceptors (Lipinski definition) is 4. The molecule has 11 rings (SSSR count). The summed E-state index contributed by atoms with van der Waals surface area (Å²) in [7, 11) is 0. The van der Waals surface area contributed by atoms with E-state index in [9.17, 15) is 0 Å². The number of benzene rings is 8. The van der Waals surface area contributed by atoms with Crippen molar-refractivity contribution in [1.29, 1.82) is 0 Å². The van der Waals surface area contributed by atoms with Crippen LogP contribution in [0.15, 0.2) is 186 Å². The molecule has 0 unspecified atom stereocenters. The molecule has 0 N–H and O–H groups in total. The molecule has 0 aliphatic rings. The molecule has 8 aromatic carbocycles. The summed E-state index contributed by atoms with van der Waals surface area (Å²) < 4.78 is 9.49. The normalized spacial score (nSPS) is 11.7. The lowest BCUT2D eigenvalue weighted by molar-refractivity contribution is 0.670. The lowest BCUT2D eigenvalue weighted by Gasteiger charge is -2.11. The highest BCUT2D eigenvalue weighted by Gasteiger charge is 2.23. The zero-order valence-electron chi connectivity index (χ0n) is 29.0. The Labute approximate surface area is 310 Å². The van der Waals surface area contributed by atoms with Crippen LogP contribution in [0.5, 0.6) is 0 Å². The van der Waals surface area contributed by atoms with Crippen molar-refractivity contribution in [2.24, 2.45) is 0 Å². The van der Waals surface area contributed by atoms with Gasteiger partial charge < -0.3 is 8.98 Å². The van der Waals surface area contributed by atoms with E-state index in [1.165, 1.54) is 10.8 Å². The molecule has 0 saturated heterocycles. The Bertz CT molecular complexity index is 3090. The van der Waals surface area contributed by atoms with Gasteiger partial charge in [0.1, 0.15) is 5.58 Å². The van der Waals surface area contributed by atoms with E-state index in [1.54, 1.807) is 0 Å². The SMILES string of the molecule is c1ccc(-c2ccc3c(c2)cc(-c2nc(-c4ccccc4)nc(-c4ccccc4)n2)c2c4cccc(-n5c6ccccc6c6ccccc65)c4oc32)cc1. The minimum absolute atomic E-state index is 0.588. The first-order valence-electron chi connectivity index (χ1n) is 18.1. The van der Waals surface area contributed by atoms with Gasteiger partial charge in [0.25, 0.3) is 0 Å². The molecule has 0 fully saturated rings. The van der Waals surface area contributed by atoms with Crippen molar-refractivity contribution in [2.75, 3.05) is 0 Å². The van der Waals surface area contributed by atoms with E-state index < -0.39 is 0 Å². The smallest absolute Gasteiger partial charge is 0.164 e. The van der Waals surface area contributed by atoms with Crippen LogP contribution in [0, 0.1) is 0 Å². The fourth-order valence-electron chi connectivity index (χ4n) is 7.95. The maximum Gasteiger partial charge on any atom is 0.164 e. The summed E-state index contributed by atoms with van der Waals surface area (Å²) in [5.41, 5.74) is 9.85. The predicted molar refractivity (Wildman–Crippen MR) is 221 cm³/mol. The molecule has 5 nitrogen and oxygen atoms in total. The average molecular weight is 691 g/mol. The molecule has 252 valence electrons. The summed E-state index contributed by atoms with van der Waals surface area (Å²) in [6.07, 6.45) is 0. The van der Waals surface area contributed by atoms with Gasteiger partial charge in [0.2, 0.25) is 0 Å². The lowest BCUT2D eigenvalue weighted by atomic mass is 9.96. The van der Waals surface area contributed by atoms with Crippen LogP contribution in [-0.2, 0) is 0 Å². The molecule has 0 amide bonds. The van der Waals surface area contributed by atoms with E-state index in [1.807, 2.05) is 66.7 Å². The van der Waals surface area contributed by atoms with Crippen LogP contribution in [-0.4, -0.2) is 19.5 Å². The molecule has 3 aromatic heterocycles. The summed E-state index contributed by atoms with van der Waals surface area (Å²) in [6, 6.07) is 63.2. The van der Waals surface area contributed by atoms with Crippen molar-refractivity contribution in [3.63, 3.8) is 0 Å². The molecular formula is C49H30N4O. The van der Waals surface area contributed by atoms with E-state index in [0.29, 0.717) is 17.5 Å². The summed E-state index contributed by atoms with van der Waals surface area (Å²) >= 11 is 0. The van der Waals surface area contributed by atoms with Crippen LogP contribution in [0.3, 0.4) is 0 Å². The largest absolute Gasteiger partial charge is 0.453 e. The van der Waals surface area contributed by atoms with E-state index in [-0.39, 0.29) is 0 Å². The first-order valence-corrected chi connectivity index (χ1v) is 18.1. The van der Waals surface area contributed by atoms with Gasteiger partial charge in [-0.05, 0) is 52.9 Å². The minimum atomic E-state index is 0.588. The maximum absolute atomic E-state index is 7.16. The first-order chi connectivity index (χ1) is 26.8. The standard InChI is InChI=1S/C49H30N4O/c1-4-15-31(16-5-1)34-27-28-36-35(29-34)30-40(49-51-47(32-17-6-2-7-18-32)50-48(52-49)33-19-8-3-9-20-33)44-39-23-14-26-43(45(39)54-46(36)44)53-41-24-12-10-21-37(41)38-22-11-13-25-42(38)53/h1-30H. The predicted octanol–water partition coefficient (Wildman–Crippen LogP) is 12.7. The van der Waals surface area contributed by atoms with E-state index in [0.717, 1.165) is 77.2 Å². The third kappa shape index (κ3) is 4.76. The maximum atomic E-state index is 7.16. The number of furan rings is 1.